The first-order chi connectivity index (χ1) is 14.3. The summed E-state index contributed by atoms with van der Waals surface area (Å²) in [6.45, 7) is 2.41. The van der Waals surface area contributed by atoms with Crippen molar-refractivity contribution in [1.82, 2.24) is 9.88 Å². The summed E-state index contributed by atoms with van der Waals surface area (Å²) in [5, 5.41) is 2.47. The van der Waals surface area contributed by atoms with Gasteiger partial charge in [-0.1, -0.05) is 19.1 Å². The molecule has 0 bridgehead atoms. The van der Waals surface area contributed by atoms with Gasteiger partial charge >= 0.3 is 11.8 Å². The van der Waals surface area contributed by atoms with Gasteiger partial charge in [-0.25, -0.2) is 9.37 Å². The van der Waals surface area contributed by atoms with Crippen LogP contribution >= 0.6 is 0 Å². The molecule has 1 aliphatic rings. The Kier molecular flexibility index (Phi) is 6.29. The molecule has 0 spiro atoms. The Morgan fingerprint density at radius 3 is 2.57 bits per heavy atom. The quantitative estimate of drug-likeness (QED) is 0.745. The number of nitrogens with two attached hydrogens (primary N) is 1. The van der Waals surface area contributed by atoms with E-state index in [0.29, 0.717) is 13.0 Å². The number of methoxy groups -OCH3 is 1. The van der Waals surface area contributed by atoms with Crippen LogP contribution in [0.2, 0.25) is 0 Å². The van der Waals surface area contributed by atoms with Gasteiger partial charge in [0.2, 0.25) is 5.88 Å². The fraction of sp³-hybridized carbons (Fsp3) is 0.333. The lowest BCUT2D eigenvalue weighted by molar-refractivity contribution is -0.146. The van der Waals surface area contributed by atoms with E-state index in [9.17, 15) is 18.8 Å². The van der Waals surface area contributed by atoms with Crippen molar-refractivity contribution in [2.45, 2.75) is 25.8 Å². The smallest absolute Gasteiger partial charge is 0.313 e. The highest BCUT2D eigenvalue weighted by molar-refractivity contribution is 6.39. The molecule has 0 radical (unpaired) electrons. The number of piperidine rings is 1. The summed E-state index contributed by atoms with van der Waals surface area (Å²) >= 11 is 0. The zero-order valence-electron chi connectivity index (χ0n) is 16.7. The van der Waals surface area contributed by atoms with Gasteiger partial charge in [-0.3, -0.25) is 14.4 Å². The lowest BCUT2D eigenvalue weighted by atomic mass is 9.90. The van der Waals surface area contributed by atoms with E-state index in [4.69, 9.17) is 10.5 Å². The highest BCUT2D eigenvalue weighted by atomic mass is 19.1. The van der Waals surface area contributed by atoms with Crippen molar-refractivity contribution in [3.05, 3.63) is 53.5 Å². The molecule has 158 valence electrons. The average molecular weight is 414 g/mol. The Labute approximate surface area is 173 Å². The molecule has 2 aromatic rings. The van der Waals surface area contributed by atoms with E-state index >= 15 is 0 Å². The fourth-order valence-electron chi connectivity index (χ4n) is 3.58. The fourth-order valence-corrected chi connectivity index (χ4v) is 3.58. The number of benzene rings is 1. The molecule has 2 atom stereocenters. The topological polar surface area (TPSA) is 115 Å². The van der Waals surface area contributed by atoms with Crippen LogP contribution < -0.4 is 15.8 Å². The van der Waals surface area contributed by atoms with Gasteiger partial charge in [0.1, 0.15) is 11.4 Å². The minimum atomic E-state index is -0.862. The Hall–Kier alpha value is -3.49. The van der Waals surface area contributed by atoms with Crippen LogP contribution in [-0.2, 0) is 9.59 Å². The third-order valence-electron chi connectivity index (χ3n) is 5.10. The first kappa shape index (κ1) is 21.2. The number of aromatic nitrogens is 1. The van der Waals surface area contributed by atoms with Crippen molar-refractivity contribution < 1.29 is 23.5 Å². The molecule has 1 saturated heterocycles. The summed E-state index contributed by atoms with van der Waals surface area (Å²) in [6.07, 6.45) is 2.83. The van der Waals surface area contributed by atoms with Crippen molar-refractivity contribution in [1.29, 1.82) is 0 Å². The normalized spacial score (nSPS) is 18.6. The second-order valence-electron chi connectivity index (χ2n) is 7.31. The van der Waals surface area contributed by atoms with Gasteiger partial charge < -0.3 is 20.7 Å². The number of anilines is 1. The van der Waals surface area contributed by atoms with E-state index in [2.05, 4.69) is 10.3 Å². The van der Waals surface area contributed by atoms with E-state index in [0.717, 1.165) is 12.0 Å². The number of amides is 3. The molecular weight excluding hydrogens is 391 g/mol. The number of likely N-dealkylation sites (tertiary alicyclic amines) is 1. The minimum Gasteiger partial charge on any atom is -0.480 e. The Bertz CT molecular complexity index is 964. The van der Waals surface area contributed by atoms with Crippen LogP contribution in [0.15, 0.2) is 36.5 Å². The van der Waals surface area contributed by atoms with Gasteiger partial charge in [0.15, 0.2) is 0 Å². The van der Waals surface area contributed by atoms with Gasteiger partial charge in [0, 0.05) is 6.54 Å². The SMILES string of the molecule is COc1ncc(NC(=O)C(=O)N2C[C@@H](C)CC[C@@H]2c2ccc(F)cc2)cc1C(N)=O. The van der Waals surface area contributed by atoms with E-state index in [1.807, 2.05) is 6.92 Å². The predicted molar refractivity (Wildman–Crippen MR) is 107 cm³/mol. The zero-order valence-corrected chi connectivity index (χ0v) is 16.7. The molecular formula is C21H23FN4O4. The van der Waals surface area contributed by atoms with Gasteiger partial charge in [-0.05, 0) is 42.5 Å². The highest BCUT2D eigenvalue weighted by Gasteiger charge is 2.34. The average Bonchev–Trinajstić information content (AvgIpc) is 2.73. The van der Waals surface area contributed by atoms with Gasteiger partial charge in [-0.15, -0.1) is 0 Å². The third-order valence-corrected chi connectivity index (χ3v) is 5.10. The predicted octanol–water partition coefficient (Wildman–Crippen LogP) is 2.27. The summed E-state index contributed by atoms with van der Waals surface area (Å²) in [5.41, 5.74) is 6.20. The number of hydrogen-bond acceptors (Lipinski definition) is 5. The maximum atomic E-state index is 13.3. The van der Waals surface area contributed by atoms with Crippen LogP contribution in [0.4, 0.5) is 10.1 Å². The number of halogens is 1. The lowest BCUT2D eigenvalue weighted by Crippen LogP contribution is -2.46. The first-order valence-electron chi connectivity index (χ1n) is 9.51. The molecule has 3 amide bonds. The Balaban J connectivity index is 1.80. The van der Waals surface area contributed by atoms with Crippen LogP contribution in [-0.4, -0.2) is 41.3 Å². The number of rotatable bonds is 4. The lowest BCUT2D eigenvalue weighted by Gasteiger charge is -2.38. The molecule has 0 unspecified atom stereocenters. The summed E-state index contributed by atoms with van der Waals surface area (Å²) in [6, 6.07) is 6.90. The van der Waals surface area contributed by atoms with E-state index < -0.39 is 17.7 Å². The molecule has 9 heteroatoms. The van der Waals surface area contributed by atoms with Crippen LogP contribution in [0.1, 0.15) is 41.7 Å². The molecule has 1 fully saturated rings. The van der Waals surface area contributed by atoms with Crippen LogP contribution in [0.5, 0.6) is 5.88 Å². The van der Waals surface area contributed by atoms with E-state index in [1.54, 1.807) is 12.1 Å². The van der Waals surface area contributed by atoms with Crippen molar-refractivity contribution in [3.63, 3.8) is 0 Å². The van der Waals surface area contributed by atoms with Gasteiger partial charge in [-0.2, -0.15) is 0 Å². The van der Waals surface area contributed by atoms with Crippen LogP contribution in [0, 0.1) is 11.7 Å². The molecule has 3 rings (SSSR count). The number of pyridine rings is 1. The molecule has 1 aromatic heterocycles. The number of nitrogens with zero attached hydrogens (tertiary/aromatic N) is 2. The highest BCUT2D eigenvalue weighted by Crippen LogP contribution is 2.33. The van der Waals surface area contributed by atoms with Crippen LogP contribution in [0.25, 0.3) is 0 Å². The molecule has 3 N–H and O–H groups in total. The van der Waals surface area contributed by atoms with Crippen molar-refractivity contribution in [2.24, 2.45) is 11.7 Å². The largest absolute Gasteiger partial charge is 0.480 e. The number of carbonyl (C=O) groups is 3. The number of hydrogen-bond donors (Lipinski definition) is 2. The summed E-state index contributed by atoms with van der Waals surface area (Å²) in [4.78, 5) is 42.6. The molecule has 8 nitrogen and oxygen atoms in total. The standard InChI is InChI=1S/C21H23FN4O4/c1-12-3-8-17(13-4-6-14(22)7-5-13)26(11-12)21(29)19(28)25-15-9-16(18(23)27)20(30-2)24-10-15/h4-7,9-10,12,17H,3,8,11H2,1-2H3,(H2,23,27)(H,25,28)/t12-,17+/m0/s1. The Morgan fingerprint density at radius 2 is 1.93 bits per heavy atom. The second-order valence-corrected chi connectivity index (χ2v) is 7.31. The van der Waals surface area contributed by atoms with E-state index in [-0.39, 0.29) is 34.9 Å². The van der Waals surface area contributed by atoms with Gasteiger partial charge in [0.25, 0.3) is 5.91 Å². The summed E-state index contributed by atoms with van der Waals surface area (Å²) in [5.74, 6) is -2.47. The molecule has 30 heavy (non-hydrogen) atoms. The number of ether oxygens (including phenoxy) is 1. The number of primary amides is 1. The molecule has 1 aromatic carbocycles. The van der Waals surface area contributed by atoms with Crippen LogP contribution in [0.3, 0.4) is 0 Å². The van der Waals surface area contributed by atoms with Gasteiger partial charge in [0.05, 0.1) is 25.0 Å². The van der Waals surface area contributed by atoms with E-state index in [1.165, 1.54) is 36.4 Å². The minimum absolute atomic E-state index is 0.0152. The molecule has 2 heterocycles. The van der Waals surface area contributed by atoms with Crippen molar-refractivity contribution in [3.8, 4) is 5.88 Å². The van der Waals surface area contributed by atoms with Crippen molar-refractivity contribution in [2.75, 3.05) is 19.0 Å². The van der Waals surface area contributed by atoms with Crippen molar-refractivity contribution >= 4 is 23.4 Å². The third kappa shape index (κ3) is 4.56. The maximum absolute atomic E-state index is 13.3. The first-order valence-corrected chi connectivity index (χ1v) is 9.51. The zero-order chi connectivity index (χ0) is 21.8. The molecule has 1 aliphatic heterocycles. The second kappa shape index (κ2) is 8.89. The maximum Gasteiger partial charge on any atom is 0.313 e. The number of carbonyl (C=O) groups excluding carboxylic acids is 3. The summed E-state index contributed by atoms with van der Waals surface area (Å²) < 4.78 is 18.3. The number of nitrogens with one attached hydrogen (secondary N) is 1. The summed E-state index contributed by atoms with van der Waals surface area (Å²) in [7, 11) is 1.34. The molecule has 0 aliphatic carbocycles. The molecule has 0 saturated carbocycles. The monoisotopic (exact) mass is 414 g/mol. The Morgan fingerprint density at radius 1 is 1.23 bits per heavy atom.